The number of nitrogens with two attached hydrogens (primary N) is 1. The van der Waals surface area contributed by atoms with E-state index in [9.17, 15) is 18.0 Å². The van der Waals surface area contributed by atoms with E-state index in [0.717, 1.165) is 11.0 Å². The number of rotatable bonds is 6. The molecule has 0 aromatic carbocycles. The first-order chi connectivity index (χ1) is 9.52. The SMILES string of the molecule is Cc1oc(C(=O)N(CC(=O)O)CC(C)C)cc1S(N)(=O)=O. The van der Waals surface area contributed by atoms with Gasteiger partial charge >= 0.3 is 5.97 Å². The Kier molecular flexibility index (Phi) is 5.13. The third-order valence-electron chi connectivity index (χ3n) is 2.59. The van der Waals surface area contributed by atoms with Crippen molar-refractivity contribution in [1.29, 1.82) is 0 Å². The molecule has 0 saturated heterocycles. The Morgan fingerprint density at radius 2 is 2.00 bits per heavy atom. The largest absolute Gasteiger partial charge is 0.480 e. The van der Waals surface area contributed by atoms with E-state index in [2.05, 4.69) is 0 Å². The molecule has 0 aliphatic carbocycles. The van der Waals surface area contributed by atoms with Crippen molar-refractivity contribution in [2.24, 2.45) is 11.1 Å². The summed E-state index contributed by atoms with van der Waals surface area (Å²) in [6, 6.07) is 1.02. The average Bonchev–Trinajstić information content (AvgIpc) is 2.68. The number of hydrogen-bond donors (Lipinski definition) is 2. The number of aliphatic carboxylic acids is 1. The van der Waals surface area contributed by atoms with E-state index >= 15 is 0 Å². The van der Waals surface area contributed by atoms with Gasteiger partial charge in [-0.05, 0) is 12.8 Å². The van der Waals surface area contributed by atoms with Crippen molar-refractivity contribution < 1.29 is 27.5 Å². The molecule has 3 N–H and O–H groups in total. The van der Waals surface area contributed by atoms with Gasteiger partial charge < -0.3 is 14.4 Å². The molecule has 0 fully saturated rings. The fourth-order valence-electron chi connectivity index (χ4n) is 1.83. The summed E-state index contributed by atoms with van der Waals surface area (Å²) in [5, 5.41) is 13.8. The molecular formula is C12H18N2O6S. The summed E-state index contributed by atoms with van der Waals surface area (Å²) in [6.45, 7) is 4.72. The van der Waals surface area contributed by atoms with Crippen molar-refractivity contribution in [1.82, 2.24) is 4.90 Å². The van der Waals surface area contributed by atoms with Gasteiger partial charge in [-0.25, -0.2) is 13.6 Å². The van der Waals surface area contributed by atoms with Crippen LogP contribution in [0.15, 0.2) is 15.4 Å². The van der Waals surface area contributed by atoms with Crippen molar-refractivity contribution in [3.05, 3.63) is 17.6 Å². The number of furan rings is 1. The second-order valence-corrected chi connectivity index (χ2v) is 6.58. The van der Waals surface area contributed by atoms with Gasteiger partial charge in [-0.2, -0.15) is 0 Å². The van der Waals surface area contributed by atoms with Crippen LogP contribution >= 0.6 is 0 Å². The van der Waals surface area contributed by atoms with Crippen molar-refractivity contribution in [2.45, 2.75) is 25.7 Å². The predicted octanol–water partition coefficient (Wildman–Crippen LogP) is 0.418. The number of carboxylic acid groups (broad SMARTS) is 1. The molecule has 0 unspecified atom stereocenters. The first kappa shape index (κ1) is 17.2. The minimum absolute atomic E-state index is 0.0133. The zero-order chi connectivity index (χ0) is 16.4. The lowest BCUT2D eigenvalue weighted by molar-refractivity contribution is -0.137. The third-order valence-corrected chi connectivity index (χ3v) is 3.61. The number of aryl methyl sites for hydroxylation is 1. The summed E-state index contributed by atoms with van der Waals surface area (Å²) in [4.78, 5) is 23.9. The number of carbonyl (C=O) groups excluding carboxylic acids is 1. The van der Waals surface area contributed by atoms with E-state index in [-0.39, 0.29) is 28.9 Å². The van der Waals surface area contributed by atoms with Crippen LogP contribution in [-0.2, 0) is 14.8 Å². The standard InChI is InChI=1S/C12H18N2O6S/c1-7(2)5-14(6-11(15)16)12(17)9-4-10(8(3)20-9)21(13,18)19/h4,7H,5-6H2,1-3H3,(H,15,16)(H2,13,18,19). The van der Waals surface area contributed by atoms with Crippen LogP contribution in [0.5, 0.6) is 0 Å². The Morgan fingerprint density at radius 1 is 1.43 bits per heavy atom. The third kappa shape index (κ3) is 4.57. The van der Waals surface area contributed by atoms with Crippen LogP contribution < -0.4 is 5.14 Å². The second-order valence-electron chi connectivity index (χ2n) is 5.05. The lowest BCUT2D eigenvalue weighted by atomic mass is 10.2. The van der Waals surface area contributed by atoms with Gasteiger partial charge in [0.05, 0.1) is 0 Å². The van der Waals surface area contributed by atoms with E-state index in [1.807, 2.05) is 13.8 Å². The Morgan fingerprint density at radius 3 is 2.38 bits per heavy atom. The minimum atomic E-state index is -4.00. The maximum Gasteiger partial charge on any atom is 0.323 e. The molecule has 118 valence electrons. The zero-order valence-electron chi connectivity index (χ0n) is 12.0. The number of nitrogens with zero attached hydrogens (tertiary/aromatic N) is 1. The van der Waals surface area contributed by atoms with Gasteiger partial charge in [0.25, 0.3) is 5.91 Å². The molecule has 1 heterocycles. The van der Waals surface area contributed by atoms with Crippen LogP contribution in [0.4, 0.5) is 0 Å². The van der Waals surface area contributed by atoms with Gasteiger partial charge in [0.1, 0.15) is 17.2 Å². The van der Waals surface area contributed by atoms with Gasteiger partial charge in [-0.1, -0.05) is 13.8 Å². The van der Waals surface area contributed by atoms with Gasteiger partial charge in [0.15, 0.2) is 5.76 Å². The summed E-state index contributed by atoms with van der Waals surface area (Å²) in [5.74, 6) is -2.08. The maximum absolute atomic E-state index is 12.2. The maximum atomic E-state index is 12.2. The van der Waals surface area contributed by atoms with Crippen molar-refractivity contribution in [3.8, 4) is 0 Å². The van der Waals surface area contributed by atoms with Gasteiger partial charge in [0.2, 0.25) is 10.0 Å². The van der Waals surface area contributed by atoms with E-state index in [1.165, 1.54) is 6.92 Å². The predicted molar refractivity (Wildman–Crippen MR) is 73.2 cm³/mol. The van der Waals surface area contributed by atoms with Crippen molar-refractivity contribution >= 4 is 21.9 Å². The molecule has 1 amide bonds. The monoisotopic (exact) mass is 318 g/mol. The zero-order valence-corrected chi connectivity index (χ0v) is 12.8. The molecule has 0 atom stereocenters. The van der Waals surface area contributed by atoms with E-state index in [4.69, 9.17) is 14.7 Å². The summed E-state index contributed by atoms with van der Waals surface area (Å²) in [6.07, 6.45) is 0. The van der Waals surface area contributed by atoms with Gasteiger partial charge in [0, 0.05) is 12.6 Å². The van der Waals surface area contributed by atoms with Crippen LogP contribution in [0, 0.1) is 12.8 Å². The molecule has 9 heteroatoms. The molecule has 21 heavy (non-hydrogen) atoms. The minimum Gasteiger partial charge on any atom is -0.480 e. The Bertz CT molecular complexity index is 647. The summed E-state index contributed by atoms with van der Waals surface area (Å²) in [5.41, 5.74) is 0. The highest BCUT2D eigenvalue weighted by Crippen LogP contribution is 2.20. The number of carboxylic acids is 1. The van der Waals surface area contributed by atoms with Crippen LogP contribution in [-0.4, -0.2) is 43.4 Å². The van der Waals surface area contributed by atoms with Gasteiger partial charge in [-0.3, -0.25) is 9.59 Å². The molecule has 1 rings (SSSR count). The smallest absolute Gasteiger partial charge is 0.323 e. The first-order valence-electron chi connectivity index (χ1n) is 6.16. The quantitative estimate of drug-likeness (QED) is 0.781. The van der Waals surface area contributed by atoms with Crippen LogP contribution in [0.2, 0.25) is 0 Å². The van der Waals surface area contributed by atoms with Crippen LogP contribution in [0.3, 0.4) is 0 Å². The van der Waals surface area contributed by atoms with E-state index < -0.39 is 28.4 Å². The summed E-state index contributed by atoms with van der Waals surface area (Å²) in [7, 11) is -4.00. The number of primary sulfonamides is 1. The molecule has 0 radical (unpaired) electrons. The number of sulfonamides is 1. The lowest BCUT2D eigenvalue weighted by Gasteiger charge is -2.21. The van der Waals surface area contributed by atoms with Crippen molar-refractivity contribution in [3.63, 3.8) is 0 Å². The normalized spacial score (nSPS) is 11.7. The Hall–Kier alpha value is -1.87. The lowest BCUT2D eigenvalue weighted by Crippen LogP contribution is -2.38. The highest BCUT2D eigenvalue weighted by molar-refractivity contribution is 7.89. The topological polar surface area (TPSA) is 131 Å². The van der Waals surface area contributed by atoms with E-state index in [1.54, 1.807) is 0 Å². The number of amides is 1. The molecule has 0 saturated carbocycles. The molecular weight excluding hydrogens is 300 g/mol. The molecule has 0 spiro atoms. The molecule has 0 aliphatic rings. The summed E-state index contributed by atoms with van der Waals surface area (Å²) < 4.78 is 27.7. The fourth-order valence-corrected chi connectivity index (χ4v) is 2.55. The average molecular weight is 318 g/mol. The van der Waals surface area contributed by atoms with E-state index in [0.29, 0.717) is 0 Å². The van der Waals surface area contributed by atoms with Crippen molar-refractivity contribution in [2.75, 3.05) is 13.1 Å². The summed E-state index contributed by atoms with van der Waals surface area (Å²) >= 11 is 0. The molecule has 0 bridgehead atoms. The molecule has 1 aromatic heterocycles. The fraction of sp³-hybridized carbons (Fsp3) is 0.500. The first-order valence-corrected chi connectivity index (χ1v) is 7.71. The number of carbonyl (C=O) groups is 2. The Balaban J connectivity index is 3.12. The molecule has 8 nitrogen and oxygen atoms in total. The highest BCUT2D eigenvalue weighted by Gasteiger charge is 2.26. The Labute approximate surface area is 122 Å². The van der Waals surface area contributed by atoms with Crippen LogP contribution in [0.1, 0.15) is 30.2 Å². The highest BCUT2D eigenvalue weighted by atomic mass is 32.2. The second kappa shape index (κ2) is 6.27. The molecule has 1 aromatic rings. The van der Waals surface area contributed by atoms with Crippen LogP contribution in [0.25, 0.3) is 0 Å². The molecule has 0 aliphatic heterocycles. The number of hydrogen-bond acceptors (Lipinski definition) is 5. The van der Waals surface area contributed by atoms with Gasteiger partial charge in [-0.15, -0.1) is 0 Å².